The Morgan fingerprint density at radius 1 is 1.14 bits per heavy atom. The van der Waals surface area contributed by atoms with E-state index in [4.69, 9.17) is 14.2 Å². The molecular formula is C18H15N3O7. The van der Waals surface area contributed by atoms with Crippen molar-refractivity contribution in [2.24, 2.45) is 0 Å². The highest BCUT2D eigenvalue weighted by Gasteiger charge is 2.38. The van der Waals surface area contributed by atoms with Gasteiger partial charge in [0, 0.05) is 38.0 Å². The van der Waals surface area contributed by atoms with Crippen molar-refractivity contribution in [1.82, 2.24) is 4.98 Å². The molecule has 28 heavy (non-hydrogen) atoms. The number of anilines is 1. The molecule has 10 heteroatoms. The van der Waals surface area contributed by atoms with E-state index in [0.717, 1.165) is 0 Å². The number of carbonyl (C=O) groups excluding carboxylic acids is 2. The summed E-state index contributed by atoms with van der Waals surface area (Å²) in [7, 11) is 0. The van der Waals surface area contributed by atoms with Crippen molar-refractivity contribution in [3.63, 3.8) is 0 Å². The van der Waals surface area contributed by atoms with Crippen LogP contribution in [-0.2, 0) is 19.1 Å². The maximum atomic E-state index is 11.9. The summed E-state index contributed by atoms with van der Waals surface area (Å²) in [6, 6.07) is 8.98. The van der Waals surface area contributed by atoms with E-state index < -0.39 is 22.6 Å². The third kappa shape index (κ3) is 4.23. The van der Waals surface area contributed by atoms with Gasteiger partial charge >= 0.3 is 17.6 Å². The number of nitrogens with zero attached hydrogens (tertiary/aromatic N) is 2. The minimum absolute atomic E-state index is 0.134. The topological polar surface area (TPSA) is 130 Å². The van der Waals surface area contributed by atoms with Gasteiger partial charge in [0.05, 0.1) is 4.92 Å². The zero-order valence-electron chi connectivity index (χ0n) is 14.9. The zero-order valence-corrected chi connectivity index (χ0v) is 14.9. The van der Waals surface area contributed by atoms with Crippen molar-refractivity contribution in [1.29, 1.82) is 0 Å². The van der Waals surface area contributed by atoms with Crippen LogP contribution in [0.15, 0.2) is 54.4 Å². The quantitative estimate of drug-likeness (QED) is 0.271. The van der Waals surface area contributed by atoms with Crippen molar-refractivity contribution in [3.05, 3.63) is 64.5 Å². The van der Waals surface area contributed by atoms with E-state index in [1.165, 1.54) is 38.4 Å². The van der Waals surface area contributed by atoms with E-state index in [0.29, 0.717) is 11.4 Å². The third-order valence-corrected chi connectivity index (χ3v) is 3.52. The number of pyridine rings is 1. The molecule has 1 aliphatic heterocycles. The van der Waals surface area contributed by atoms with Gasteiger partial charge < -0.3 is 19.5 Å². The second-order valence-corrected chi connectivity index (χ2v) is 6.09. The van der Waals surface area contributed by atoms with Gasteiger partial charge in [-0.05, 0) is 30.3 Å². The smallest absolute Gasteiger partial charge is 0.350 e. The molecule has 0 bridgehead atoms. The lowest BCUT2D eigenvalue weighted by atomic mass is 10.2. The Labute approximate surface area is 158 Å². The first-order valence-electron chi connectivity index (χ1n) is 8.06. The molecule has 0 amide bonds. The lowest BCUT2D eigenvalue weighted by molar-refractivity contribution is -0.386. The van der Waals surface area contributed by atoms with Crippen molar-refractivity contribution < 1.29 is 28.7 Å². The fourth-order valence-corrected chi connectivity index (χ4v) is 2.26. The van der Waals surface area contributed by atoms with Crippen LogP contribution in [0.3, 0.4) is 0 Å². The Balaban J connectivity index is 1.70. The van der Waals surface area contributed by atoms with Crippen LogP contribution in [-0.4, -0.2) is 27.6 Å². The summed E-state index contributed by atoms with van der Waals surface area (Å²) in [4.78, 5) is 38.0. The number of rotatable bonds is 5. The highest BCUT2D eigenvalue weighted by atomic mass is 16.7. The molecule has 2 heterocycles. The van der Waals surface area contributed by atoms with Gasteiger partial charge in [-0.15, -0.1) is 0 Å². The summed E-state index contributed by atoms with van der Waals surface area (Å²) < 4.78 is 15.4. The first kappa shape index (κ1) is 18.8. The molecule has 1 aliphatic rings. The van der Waals surface area contributed by atoms with Gasteiger partial charge in [0.2, 0.25) is 0 Å². The molecule has 1 saturated heterocycles. The van der Waals surface area contributed by atoms with Gasteiger partial charge in [0.25, 0.3) is 11.7 Å². The first-order valence-corrected chi connectivity index (χ1v) is 8.06. The molecule has 1 fully saturated rings. The van der Waals surface area contributed by atoms with Crippen LogP contribution in [0.25, 0.3) is 0 Å². The number of aromatic nitrogens is 1. The molecule has 0 spiro atoms. The van der Waals surface area contributed by atoms with Crippen LogP contribution in [0.4, 0.5) is 11.4 Å². The summed E-state index contributed by atoms with van der Waals surface area (Å²) >= 11 is 0. The monoisotopic (exact) mass is 385 g/mol. The largest absolute Gasteiger partial charge is 0.434 e. The molecule has 3 rings (SSSR count). The van der Waals surface area contributed by atoms with Crippen LogP contribution in [0.5, 0.6) is 11.6 Å². The van der Waals surface area contributed by atoms with Gasteiger partial charge in [0.15, 0.2) is 5.57 Å². The van der Waals surface area contributed by atoms with E-state index in [1.54, 1.807) is 24.3 Å². The number of hydrogen-bond acceptors (Lipinski definition) is 9. The lowest BCUT2D eigenvalue weighted by Crippen LogP contribution is -2.42. The third-order valence-electron chi connectivity index (χ3n) is 3.52. The van der Waals surface area contributed by atoms with Gasteiger partial charge in [-0.25, -0.2) is 14.6 Å². The van der Waals surface area contributed by atoms with Gasteiger partial charge in [-0.1, -0.05) is 0 Å². The second kappa shape index (κ2) is 7.35. The molecule has 1 aromatic heterocycles. The minimum atomic E-state index is -1.31. The van der Waals surface area contributed by atoms with Crippen LogP contribution in [0.2, 0.25) is 0 Å². The summed E-state index contributed by atoms with van der Waals surface area (Å²) in [6.07, 6.45) is 2.56. The number of esters is 2. The van der Waals surface area contributed by atoms with E-state index in [2.05, 4.69) is 10.3 Å². The van der Waals surface area contributed by atoms with E-state index in [-0.39, 0.29) is 17.1 Å². The van der Waals surface area contributed by atoms with Crippen LogP contribution in [0.1, 0.15) is 13.8 Å². The lowest BCUT2D eigenvalue weighted by Gasteiger charge is -2.29. The molecule has 0 unspecified atom stereocenters. The highest BCUT2D eigenvalue weighted by molar-refractivity contribution is 6.15. The number of nitro groups is 1. The Morgan fingerprint density at radius 3 is 2.39 bits per heavy atom. The molecule has 10 nitrogen and oxygen atoms in total. The molecule has 0 radical (unpaired) electrons. The number of cyclic esters (lactones) is 2. The Hall–Kier alpha value is -3.95. The molecule has 0 aliphatic carbocycles. The predicted octanol–water partition coefficient (Wildman–Crippen LogP) is 2.91. The Morgan fingerprint density at radius 2 is 1.79 bits per heavy atom. The number of nitrogens with one attached hydrogen (secondary N) is 1. The first-order chi connectivity index (χ1) is 13.2. The fourth-order valence-electron chi connectivity index (χ4n) is 2.26. The molecule has 144 valence electrons. The molecule has 0 saturated carbocycles. The average Bonchev–Trinajstić information content (AvgIpc) is 2.61. The predicted molar refractivity (Wildman–Crippen MR) is 95.4 cm³/mol. The van der Waals surface area contributed by atoms with Gasteiger partial charge in [-0.3, -0.25) is 10.1 Å². The number of ether oxygens (including phenoxy) is 3. The molecule has 2 aromatic rings. The second-order valence-electron chi connectivity index (χ2n) is 6.09. The van der Waals surface area contributed by atoms with Gasteiger partial charge in [0.1, 0.15) is 5.75 Å². The fraction of sp³-hybridized carbons (Fsp3) is 0.167. The summed E-state index contributed by atoms with van der Waals surface area (Å²) in [5.41, 5.74) is -0.00347. The number of carbonyl (C=O) groups is 2. The zero-order chi connectivity index (χ0) is 20.3. The van der Waals surface area contributed by atoms with Gasteiger partial charge in [-0.2, -0.15) is 0 Å². The van der Waals surface area contributed by atoms with Crippen molar-refractivity contribution in [2.75, 3.05) is 5.32 Å². The SMILES string of the molecule is CC1(C)OC(=O)C(=CNc2ccc(Oc3ncccc3[N+](=O)[O-])cc2)C(=O)O1. The van der Waals surface area contributed by atoms with Crippen LogP contribution in [0, 0.1) is 10.1 Å². The molecular weight excluding hydrogens is 370 g/mol. The van der Waals surface area contributed by atoms with Crippen LogP contribution >= 0.6 is 0 Å². The van der Waals surface area contributed by atoms with E-state index in [9.17, 15) is 19.7 Å². The highest BCUT2D eigenvalue weighted by Crippen LogP contribution is 2.29. The van der Waals surface area contributed by atoms with Crippen molar-refractivity contribution >= 4 is 23.3 Å². The average molecular weight is 385 g/mol. The summed E-state index contributed by atoms with van der Waals surface area (Å²) in [6.45, 7) is 2.91. The maximum absolute atomic E-state index is 11.9. The standard InChI is InChI=1S/C18H15N3O7/c1-18(2)27-16(22)13(17(23)28-18)10-20-11-5-7-12(8-6-11)26-15-14(21(24)25)4-3-9-19-15/h3-10,20H,1-2H3. The normalized spacial score (nSPS) is 15.3. The Bertz CT molecular complexity index is 945. The van der Waals surface area contributed by atoms with Crippen molar-refractivity contribution in [2.45, 2.75) is 19.6 Å². The number of hydrogen-bond donors (Lipinski definition) is 1. The minimum Gasteiger partial charge on any atom is -0.434 e. The molecule has 1 aromatic carbocycles. The van der Waals surface area contributed by atoms with Crippen LogP contribution < -0.4 is 10.1 Å². The van der Waals surface area contributed by atoms with E-state index >= 15 is 0 Å². The summed E-state index contributed by atoms with van der Waals surface area (Å²) in [5, 5.41) is 13.8. The van der Waals surface area contributed by atoms with E-state index in [1.807, 2.05) is 0 Å². The maximum Gasteiger partial charge on any atom is 0.350 e. The molecule has 0 atom stereocenters. The molecule has 1 N–H and O–H groups in total. The Kier molecular flexibility index (Phi) is 4.94. The number of benzene rings is 1. The summed E-state index contributed by atoms with van der Waals surface area (Å²) in [5.74, 6) is -2.71. The van der Waals surface area contributed by atoms with Crippen molar-refractivity contribution in [3.8, 4) is 11.6 Å².